The first-order valence-electron chi connectivity index (χ1n) is 9.31. The van der Waals surface area contributed by atoms with E-state index < -0.39 is 83.0 Å². The highest BCUT2D eigenvalue weighted by molar-refractivity contribution is 6.03. The van der Waals surface area contributed by atoms with Gasteiger partial charge in [0.15, 0.2) is 0 Å². The molecule has 36 heavy (non-hydrogen) atoms. The molecule has 0 aliphatic heterocycles. The van der Waals surface area contributed by atoms with E-state index in [1.165, 1.54) is 0 Å². The third-order valence-corrected chi connectivity index (χ3v) is 4.37. The topological polar surface area (TPSA) is 58.2 Å². The first-order chi connectivity index (χ1) is 16.2. The van der Waals surface area contributed by atoms with Gasteiger partial charge in [0.2, 0.25) is 11.8 Å². The fourth-order valence-corrected chi connectivity index (χ4v) is 2.84. The quantitative estimate of drug-likeness (QED) is 0.341. The van der Waals surface area contributed by atoms with Gasteiger partial charge in [-0.2, -0.15) is 52.7 Å². The Balaban J connectivity index is 2.11. The fraction of sp³-hybridized carbons (Fsp3) is 0.300. The zero-order valence-electron chi connectivity index (χ0n) is 17.2. The van der Waals surface area contributed by atoms with E-state index in [4.69, 9.17) is 0 Å². The van der Waals surface area contributed by atoms with Crippen LogP contribution in [-0.4, -0.2) is 11.8 Å². The standard InChI is InChI=1S/C20H12F12N2O2/c21-17(22,23)10-3-9(4-11(5-10)18(24,25)26)8-33-15(35)7-16(36)34-12-1-2-13(19(27,28)29)14(6-12)20(30,31)32/h1-6H,7-8H2,(H,33,35)(H,34,36). The molecule has 0 bridgehead atoms. The molecule has 0 spiro atoms. The number of carbonyl (C=O) groups is 2. The number of alkyl halides is 12. The number of hydrogen-bond acceptors (Lipinski definition) is 2. The van der Waals surface area contributed by atoms with E-state index in [0.29, 0.717) is 18.2 Å². The second-order valence-corrected chi connectivity index (χ2v) is 7.17. The van der Waals surface area contributed by atoms with Crippen molar-refractivity contribution >= 4 is 17.5 Å². The van der Waals surface area contributed by atoms with Crippen molar-refractivity contribution in [2.24, 2.45) is 0 Å². The van der Waals surface area contributed by atoms with Crippen LogP contribution in [0.15, 0.2) is 36.4 Å². The van der Waals surface area contributed by atoms with Crippen LogP contribution in [0.4, 0.5) is 58.4 Å². The lowest BCUT2D eigenvalue weighted by Crippen LogP contribution is -2.28. The molecule has 0 aromatic heterocycles. The molecule has 0 atom stereocenters. The largest absolute Gasteiger partial charge is 0.417 e. The van der Waals surface area contributed by atoms with Gasteiger partial charge in [-0.05, 0) is 42.0 Å². The molecule has 0 unspecified atom stereocenters. The molecule has 0 fully saturated rings. The van der Waals surface area contributed by atoms with Crippen LogP contribution in [0, 0.1) is 0 Å². The van der Waals surface area contributed by atoms with Crippen molar-refractivity contribution in [1.29, 1.82) is 0 Å². The van der Waals surface area contributed by atoms with Crippen molar-refractivity contribution in [3.63, 3.8) is 0 Å². The van der Waals surface area contributed by atoms with E-state index in [-0.39, 0.29) is 18.2 Å². The SMILES string of the molecule is O=C(CC(=O)Nc1ccc(C(F)(F)F)c(C(F)(F)F)c1)NCc1cc(C(F)(F)F)cc(C(F)(F)F)c1. The van der Waals surface area contributed by atoms with Crippen molar-refractivity contribution in [3.05, 3.63) is 64.2 Å². The van der Waals surface area contributed by atoms with Gasteiger partial charge in [-0.1, -0.05) is 0 Å². The summed E-state index contributed by atoms with van der Waals surface area (Å²) < 4.78 is 154. The number of rotatable bonds is 5. The second kappa shape index (κ2) is 9.89. The Labute approximate surface area is 193 Å². The lowest BCUT2D eigenvalue weighted by Gasteiger charge is -2.17. The smallest absolute Gasteiger partial charge is 0.352 e. The Hall–Kier alpha value is -3.46. The van der Waals surface area contributed by atoms with Gasteiger partial charge in [0.1, 0.15) is 6.42 Å². The normalized spacial score (nSPS) is 12.9. The van der Waals surface area contributed by atoms with Crippen LogP contribution >= 0.6 is 0 Å². The van der Waals surface area contributed by atoms with E-state index in [0.717, 1.165) is 0 Å². The summed E-state index contributed by atoms with van der Waals surface area (Å²) in [6.07, 6.45) is -22.2. The number of amides is 2. The molecular weight excluding hydrogens is 528 g/mol. The molecule has 0 heterocycles. The molecule has 0 aliphatic rings. The molecule has 0 saturated carbocycles. The molecule has 198 valence electrons. The number of hydrogen-bond donors (Lipinski definition) is 2. The first-order valence-corrected chi connectivity index (χ1v) is 9.31. The van der Waals surface area contributed by atoms with Gasteiger partial charge < -0.3 is 10.6 Å². The van der Waals surface area contributed by atoms with Gasteiger partial charge in [-0.3, -0.25) is 9.59 Å². The molecule has 0 radical (unpaired) electrons. The minimum absolute atomic E-state index is 0.0140. The van der Waals surface area contributed by atoms with Crippen molar-refractivity contribution < 1.29 is 62.3 Å². The third kappa shape index (κ3) is 7.78. The number of benzene rings is 2. The molecule has 16 heteroatoms. The Bertz CT molecular complexity index is 1100. The first kappa shape index (κ1) is 28.8. The van der Waals surface area contributed by atoms with E-state index in [1.54, 1.807) is 5.32 Å². The summed E-state index contributed by atoms with van der Waals surface area (Å²) in [6, 6.07) is 1.06. The summed E-state index contributed by atoms with van der Waals surface area (Å²) in [5.41, 5.74) is -8.80. The molecule has 2 amide bonds. The van der Waals surface area contributed by atoms with E-state index in [9.17, 15) is 62.3 Å². The van der Waals surface area contributed by atoms with Crippen LogP contribution in [0.3, 0.4) is 0 Å². The van der Waals surface area contributed by atoms with Gasteiger partial charge >= 0.3 is 24.7 Å². The van der Waals surface area contributed by atoms with Crippen molar-refractivity contribution in [3.8, 4) is 0 Å². The summed E-state index contributed by atoms with van der Waals surface area (Å²) in [7, 11) is 0. The number of anilines is 1. The highest BCUT2D eigenvalue weighted by Gasteiger charge is 2.43. The maximum absolute atomic E-state index is 13.0. The summed E-state index contributed by atoms with van der Waals surface area (Å²) in [4.78, 5) is 23.7. The Morgan fingerprint density at radius 3 is 1.56 bits per heavy atom. The Morgan fingerprint density at radius 1 is 0.611 bits per heavy atom. The average Bonchev–Trinajstić information content (AvgIpc) is 2.69. The van der Waals surface area contributed by atoms with Crippen molar-refractivity contribution in [2.45, 2.75) is 37.7 Å². The van der Waals surface area contributed by atoms with Gasteiger partial charge in [-0.25, -0.2) is 0 Å². The van der Waals surface area contributed by atoms with E-state index >= 15 is 0 Å². The fourth-order valence-electron chi connectivity index (χ4n) is 2.84. The van der Waals surface area contributed by atoms with Crippen molar-refractivity contribution in [1.82, 2.24) is 5.32 Å². The minimum atomic E-state index is -5.44. The van der Waals surface area contributed by atoms with Gasteiger partial charge in [-0.15, -0.1) is 0 Å². The Morgan fingerprint density at radius 2 is 1.11 bits per heavy atom. The van der Waals surface area contributed by atoms with E-state index in [1.807, 2.05) is 5.32 Å². The lowest BCUT2D eigenvalue weighted by atomic mass is 10.0. The zero-order chi connectivity index (χ0) is 27.7. The van der Waals surface area contributed by atoms with Crippen LogP contribution in [-0.2, 0) is 40.8 Å². The monoisotopic (exact) mass is 540 g/mol. The summed E-state index contributed by atoms with van der Waals surface area (Å²) in [5, 5.41) is 3.63. The second-order valence-electron chi connectivity index (χ2n) is 7.17. The lowest BCUT2D eigenvalue weighted by molar-refractivity contribution is -0.162. The highest BCUT2D eigenvalue weighted by atomic mass is 19.4. The van der Waals surface area contributed by atoms with Gasteiger partial charge in [0.05, 0.1) is 22.3 Å². The molecule has 2 N–H and O–H groups in total. The van der Waals surface area contributed by atoms with E-state index in [2.05, 4.69) is 0 Å². The van der Waals surface area contributed by atoms with Crippen molar-refractivity contribution in [2.75, 3.05) is 5.32 Å². The molecule has 0 aliphatic carbocycles. The third-order valence-electron chi connectivity index (χ3n) is 4.37. The Kier molecular flexibility index (Phi) is 7.90. The summed E-state index contributed by atoms with van der Waals surface area (Å²) in [5.74, 6) is -2.57. The average molecular weight is 540 g/mol. The minimum Gasteiger partial charge on any atom is -0.352 e. The molecule has 2 aromatic rings. The maximum Gasteiger partial charge on any atom is 0.417 e. The molecule has 2 rings (SSSR count). The van der Waals surface area contributed by atoms with Crippen LogP contribution in [0.5, 0.6) is 0 Å². The number of carbonyl (C=O) groups excluding carboxylic acids is 2. The maximum atomic E-state index is 13.0. The predicted molar refractivity (Wildman–Crippen MR) is 98.0 cm³/mol. The summed E-state index contributed by atoms with van der Waals surface area (Å²) in [6.45, 7) is -0.877. The molecule has 0 saturated heterocycles. The number of nitrogens with one attached hydrogen (secondary N) is 2. The predicted octanol–water partition coefficient (Wildman–Crippen LogP) is 6.41. The molecule has 2 aromatic carbocycles. The van der Waals surface area contributed by atoms with Crippen LogP contribution in [0.2, 0.25) is 0 Å². The summed E-state index contributed by atoms with van der Waals surface area (Å²) >= 11 is 0. The molecule has 4 nitrogen and oxygen atoms in total. The van der Waals surface area contributed by atoms with Crippen LogP contribution in [0.1, 0.15) is 34.2 Å². The van der Waals surface area contributed by atoms with Crippen LogP contribution < -0.4 is 10.6 Å². The van der Waals surface area contributed by atoms with Gasteiger partial charge in [0.25, 0.3) is 0 Å². The zero-order valence-corrected chi connectivity index (χ0v) is 17.2. The molecular formula is C20H12F12N2O2. The highest BCUT2D eigenvalue weighted by Crippen LogP contribution is 2.41. The number of halogens is 12. The van der Waals surface area contributed by atoms with Gasteiger partial charge in [0, 0.05) is 12.2 Å². The van der Waals surface area contributed by atoms with Crippen LogP contribution in [0.25, 0.3) is 0 Å².